The maximum Gasteiger partial charge on any atom is 0.373 e. The van der Waals surface area contributed by atoms with Gasteiger partial charge < -0.3 is 10.2 Å². The molecular weight excluding hydrogens is 284 g/mol. The van der Waals surface area contributed by atoms with Gasteiger partial charge in [-0.1, -0.05) is 44.9 Å². The van der Waals surface area contributed by atoms with E-state index in [0.717, 1.165) is 12.2 Å². The Labute approximate surface area is 121 Å². The smallest absolute Gasteiger partial charge is 0.373 e. The summed E-state index contributed by atoms with van der Waals surface area (Å²) in [6.07, 6.45) is 8.09. The first-order valence-corrected chi connectivity index (χ1v) is 4.40. The Hall–Kier alpha value is -3.34. The number of carbonyl (C=O) groups is 2. The third-order valence-electron chi connectivity index (χ3n) is 0.750. The largest absolute Gasteiger partial charge is 0.478 e. The zero-order valence-corrected chi connectivity index (χ0v) is 10.2. The Morgan fingerprint density at radius 2 is 0.952 bits per heavy atom. The van der Waals surface area contributed by atoms with Crippen molar-refractivity contribution in [2.24, 2.45) is 0 Å². The Balaban J connectivity index is -0.0000000576. The van der Waals surface area contributed by atoms with Crippen molar-refractivity contribution in [3.05, 3.63) is 49.6 Å². The van der Waals surface area contributed by atoms with Crippen molar-refractivity contribution in [2.75, 3.05) is 0 Å². The highest BCUT2D eigenvalue weighted by Gasteiger charge is 1.78. The zero-order chi connectivity index (χ0) is 16.8. The van der Waals surface area contributed by atoms with Gasteiger partial charge in [0.2, 0.25) is 0 Å². The standard InChI is InChI=1S/2C5H6O2.2CO2.CH4/c2*1-2-3-4-5(6)7;2*2-1-3;/h2*2-4H,1H2,(H,6,7);;;1H4/b2*4-3+;;;. The first-order valence-electron chi connectivity index (χ1n) is 4.40. The van der Waals surface area contributed by atoms with Crippen LogP contribution in [0.2, 0.25) is 0 Å². The number of allylic oxidation sites excluding steroid dienone is 4. The van der Waals surface area contributed by atoms with Crippen LogP contribution in [0.1, 0.15) is 7.43 Å². The zero-order valence-electron chi connectivity index (χ0n) is 10.2. The second-order valence-corrected chi connectivity index (χ2v) is 2.03. The van der Waals surface area contributed by atoms with Gasteiger partial charge in [0, 0.05) is 12.2 Å². The minimum Gasteiger partial charge on any atom is -0.478 e. The van der Waals surface area contributed by atoms with Gasteiger partial charge in [-0.25, -0.2) is 9.59 Å². The predicted molar refractivity (Wildman–Crippen MR) is 70.7 cm³/mol. The maximum absolute atomic E-state index is 9.62. The van der Waals surface area contributed by atoms with E-state index in [1.807, 2.05) is 0 Å². The summed E-state index contributed by atoms with van der Waals surface area (Å²) in [5, 5.41) is 15.8. The molecule has 0 heterocycles. The van der Waals surface area contributed by atoms with Crippen LogP contribution in [-0.2, 0) is 28.8 Å². The van der Waals surface area contributed by atoms with E-state index in [2.05, 4.69) is 13.2 Å². The fourth-order valence-corrected chi connectivity index (χ4v) is 0.301. The van der Waals surface area contributed by atoms with E-state index >= 15 is 0 Å². The molecule has 0 saturated carbocycles. The molecule has 0 aromatic carbocycles. The number of hydrogen-bond donors (Lipinski definition) is 2. The van der Waals surface area contributed by atoms with Gasteiger partial charge in [-0.3, -0.25) is 0 Å². The van der Waals surface area contributed by atoms with Crippen LogP contribution in [0, 0.1) is 0 Å². The van der Waals surface area contributed by atoms with E-state index < -0.39 is 11.9 Å². The monoisotopic (exact) mass is 300 g/mol. The van der Waals surface area contributed by atoms with E-state index in [-0.39, 0.29) is 19.7 Å². The molecule has 0 fully saturated rings. The molecule has 0 aromatic rings. The Bertz CT molecular complexity index is 366. The molecule has 0 bridgehead atoms. The number of carboxylic acids is 2. The molecule has 116 valence electrons. The fraction of sp³-hybridized carbons (Fsp3) is 0.0769. The normalized spacial score (nSPS) is 6.86. The molecule has 2 N–H and O–H groups in total. The van der Waals surface area contributed by atoms with Crippen LogP contribution in [0.3, 0.4) is 0 Å². The number of carboxylic acid groups (broad SMARTS) is 2. The molecule has 0 spiro atoms. The van der Waals surface area contributed by atoms with Gasteiger partial charge in [-0.15, -0.1) is 0 Å². The van der Waals surface area contributed by atoms with Crippen LogP contribution in [0.15, 0.2) is 49.6 Å². The second kappa shape index (κ2) is 36.0. The number of rotatable bonds is 4. The van der Waals surface area contributed by atoms with Gasteiger partial charge >= 0.3 is 24.2 Å². The van der Waals surface area contributed by atoms with E-state index in [1.165, 1.54) is 24.3 Å². The molecule has 21 heavy (non-hydrogen) atoms. The molecule has 8 nitrogen and oxygen atoms in total. The topological polar surface area (TPSA) is 143 Å². The van der Waals surface area contributed by atoms with Crippen molar-refractivity contribution in [2.45, 2.75) is 7.43 Å². The van der Waals surface area contributed by atoms with Crippen LogP contribution >= 0.6 is 0 Å². The fourth-order valence-electron chi connectivity index (χ4n) is 0.301. The lowest BCUT2D eigenvalue weighted by atomic mass is 10.5. The minimum atomic E-state index is -0.945. The lowest BCUT2D eigenvalue weighted by Gasteiger charge is -1.70. The number of carbonyl (C=O) groups excluding carboxylic acids is 4. The number of aliphatic carboxylic acids is 2. The Kier molecular flexibility index (Phi) is 52.4. The second-order valence-electron chi connectivity index (χ2n) is 2.03. The predicted octanol–water partition coefficient (Wildman–Crippen LogP) is 1.10. The molecule has 0 atom stereocenters. The van der Waals surface area contributed by atoms with E-state index in [0.29, 0.717) is 0 Å². The molecule has 0 aromatic heterocycles. The maximum atomic E-state index is 9.62. The average Bonchev–Trinajstić information content (AvgIpc) is 2.36. The summed E-state index contributed by atoms with van der Waals surface area (Å²) in [6.45, 7) is 6.56. The first-order chi connectivity index (χ1) is 9.37. The Morgan fingerprint density at radius 1 is 0.762 bits per heavy atom. The first kappa shape index (κ1) is 30.6. The highest BCUT2D eigenvalue weighted by atomic mass is 16.4. The van der Waals surface area contributed by atoms with Crippen LogP contribution in [0.4, 0.5) is 0 Å². The van der Waals surface area contributed by atoms with Crippen molar-refractivity contribution in [1.29, 1.82) is 0 Å². The minimum absolute atomic E-state index is 0. The quantitative estimate of drug-likeness (QED) is 0.580. The van der Waals surface area contributed by atoms with Crippen molar-refractivity contribution >= 4 is 24.2 Å². The molecule has 0 aliphatic rings. The molecule has 0 aliphatic carbocycles. The van der Waals surface area contributed by atoms with Gasteiger partial charge in [0.1, 0.15) is 0 Å². The van der Waals surface area contributed by atoms with E-state index in [1.54, 1.807) is 0 Å². The van der Waals surface area contributed by atoms with Crippen LogP contribution < -0.4 is 0 Å². The lowest BCUT2D eigenvalue weighted by Crippen LogP contribution is -1.83. The molecule has 0 aliphatic heterocycles. The summed E-state index contributed by atoms with van der Waals surface area (Å²) in [7, 11) is 0. The summed E-state index contributed by atoms with van der Waals surface area (Å²) < 4.78 is 0. The molecule has 0 saturated heterocycles. The van der Waals surface area contributed by atoms with Gasteiger partial charge in [0.05, 0.1) is 0 Å². The molecule has 0 radical (unpaired) electrons. The molecule has 0 amide bonds. The SMILES string of the molecule is C.C=C/C=C/C(=O)O.C=C/C=C/C(=O)O.O=C=O.O=C=O. The van der Waals surface area contributed by atoms with Crippen molar-refractivity contribution in [3.8, 4) is 0 Å². The summed E-state index contributed by atoms with van der Waals surface area (Å²) in [5.41, 5.74) is 0. The molecule has 8 heteroatoms. The average molecular weight is 300 g/mol. The Morgan fingerprint density at radius 3 is 1.00 bits per heavy atom. The van der Waals surface area contributed by atoms with Crippen molar-refractivity contribution < 1.29 is 39.0 Å². The van der Waals surface area contributed by atoms with Gasteiger partial charge in [0.25, 0.3) is 0 Å². The van der Waals surface area contributed by atoms with Gasteiger partial charge in [0.15, 0.2) is 0 Å². The molecule has 0 rings (SSSR count). The number of hydrogen-bond acceptors (Lipinski definition) is 6. The summed E-state index contributed by atoms with van der Waals surface area (Å²) in [4.78, 5) is 51.7. The van der Waals surface area contributed by atoms with Crippen LogP contribution in [0.25, 0.3) is 0 Å². The van der Waals surface area contributed by atoms with Gasteiger partial charge in [-0.05, 0) is 0 Å². The third kappa shape index (κ3) is 165. The third-order valence-corrected chi connectivity index (χ3v) is 0.750. The highest BCUT2D eigenvalue weighted by Crippen LogP contribution is 1.70. The summed E-state index contributed by atoms with van der Waals surface area (Å²) >= 11 is 0. The van der Waals surface area contributed by atoms with Crippen LogP contribution in [-0.4, -0.2) is 34.5 Å². The van der Waals surface area contributed by atoms with Crippen molar-refractivity contribution in [1.82, 2.24) is 0 Å². The van der Waals surface area contributed by atoms with E-state index in [4.69, 9.17) is 29.4 Å². The van der Waals surface area contributed by atoms with E-state index in [9.17, 15) is 9.59 Å². The summed E-state index contributed by atoms with van der Waals surface area (Å²) in [6, 6.07) is 0. The summed E-state index contributed by atoms with van der Waals surface area (Å²) in [5.74, 6) is -1.89. The van der Waals surface area contributed by atoms with Gasteiger partial charge in [-0.2, -0.15) is 19.2 Å². The highest BCUT2D eigenvalue weighted by molar-refractivity contribution is 5.80. The molecule has 0 unspecified atom stereocenters. The van der Waals surface area contributed by atoms with Crippen molar-refractivity contribution in [3.63, 3.8) is 0 Å². The lowest BCUT2D eigenvalue weighted by molar-refractivity contribution is -0.193. The van der Waals surface area contributed by atoms with Crippen LogP contribution in [0.5, 0.6) is 0 Å². The molecular formula is C13H16O8.